The van der Waals surface area contributed by atoms with Crippen molar-refractivity contribution in [1.29, 1.82) is 0 Å². The minimum Gasteiger partial charge on any atom is -0.409 e. The summed E-state index contributed by atoms with van der Waals surface area (Å²) < 4.78 is 0. The zero-order valence-electron chi connectivity index (χ0n) is 11.8. The number of oxime groups is 1. The van der Waals surface area contributed by atoms with Gasteiger partial charge in [0.1, 0.15) is 5.41 Å². The fraction of sp³-hybridized carbons (Fsp3) is 0.429. The highest BCUT2D eigenvalue weighted by atomic mass is 16.4. The minimum absolute atomic E-state index is 0.0699. The van der Waals surface area contributed by atoms with Crippen LogP contribution in [0.3, 0.4) is 0 Å². The van der Waals surface area contributed by atoms with Crippen LogP contribution in [0.2, 0.25) is 0 Å². The highest BCUT2D eigenvalue weighted by Gasteiger charge is 2.38. The highest BCUT2D eigenvalue weighted by molar-refractivity contribution is 6.12. The fourth-order valence-electron chi connectivity index (χ4n) is 1.88. The van der Waals surface area contributed by atoms with Gasteiger partial charge in [-0.3, -0.25) is 4.79 Å². The van der Waals surface area contributed by atoms with E-state index in [-0.39, 0.29) is 11.7 Å². The Balaban J connectivity index is 3.11. The topological polar surface area (TPSA) is 78.9 Å². The van der Waals surface area contributed by atoms with Crippen molar-refractivity contribution in [2.45, 2.75) is 27.2 Å². The summed E-state index contributed by atoms with van der Waals surface area (Å²) in [5, 5.41) is 11.8. The van der Waals surface area contributed by atoms with E-state index in [4.69, 9.17) is 10.9 Å². The number of benzene rings is 1. The lowest BCUT2D eigenvalue weighted by molar-refractivity contribution is -0.124. The zero-order chi connectivity index (χ0) is 14.6. The van der Waals surface area contributed by atoms with Crippen molar-refractivity contribution < 1.29 is 10.0 Å². The van der Waals surface area contributed by atoms with Crippen molar-refractivity contribution >= 4 is 17.4 Å². The Morgan fingerprint density at radius 3 is 2.63 bits per heavy atom. The smallest absolute Gasteiger partial charge is 0.240 e. The predicted octanol–water partition coefficient (Wildman–Crippen LogP) is 2.12. The highest BCUT2D eigenvalue weighted by Crippen LogP contribution is 2.27. The van der Waals surface area contributed by atoms with Crippen LogP contribution in [0.1, 0.15) is 25.8 Å². The van der Waals surface area contributed by atoms with Gasteiger partial charge in [0, 0.05) is 12.7 Å². The summed E-state index contributed by atoms with van der Waals surface area (Å²) in [6.07, 6.45) is 0.456. The Morgan fingerprint density at radius 1 is 1.53 bits per heavy atom. The quantitative estimate of drug-likeness (QED) is 0.378. The molecule has 1 rings (SSSR count). The molecule has 0 aliphatic rings. The summed E-state index contributed by atoms with van der Waals surface area (Å²) >= 11 is 0. The van der Waals surface area contributed by atoms with Gasteiger partial charge < -0.3 is 15.8 Å². The van der Waals surface area contributed by atoms with Gasteiger partial charge in [-0.05, 0) is 38.0 Å². The SMILES string of the molecule is CCC(C)(C(=O)N(C)c1cccc(C)c1)/C(N)=N/O. The molecule has 5 heteroatoms. The Bertz CT molecular complexity index is 499. The number of nitrogens with two attached hydrogens (primary N) is 1. The average Bonchev–Trinajstić information content (AvgIpc) is 2.43. The van der Waals surface area contributed by atoms with Crippen LogP contribution >= 0.6 is 0 Å². The molecule has 0 spiro atoms. The zero-order valence-corrected chi connectivity index (χ0v) is 11.8. The van der Waals surface area contributed by atoms with Gasteiger partial charge in [0.2, 0.25) is 5.91 Å². The number of hydrogen-bond donors (Lipinski definition) is 2. The number of hydrogen-bond acceptors (Lipinski definition) is 3. The third-order valence-corrected chi connectivity index (χ3v) is 3.55. The summed E-state index contributed by atoms with van der Waals surface area (Å²) in [7, 11) is 1.69. The third-order valence-electron chi connectivity index (χ3n) is 3.55. The molecular weight excluding hydrogens is 242 g/mol. The Kier molecular flexibility index (Phi) is 4.53. The van der Waals surface area contributed by atoms with E-state index in [0.717, 1.165) is 11.3 Å². The van der Waals surface area contributed by atoms with Gasteiger partial charge in [0.15, 0.2) is 5.84 Å². The standard InChI is InChI=1S/C14H21N3O2/c1-5-14(3,12(15)16-19)13(18)17(4)11-8-6-7-10(2)9-11/h6-9,19H,5H2,1-4H3,(H2,15,16). The number of amides is 1. The summed E-state index contributed by atoms with van der Waals surface area (Å²) in [5.41, 5.74) is 6.51. The number of anilines is 1. The van der Waals surface area contributed by atoms with Crippen molar-refractivity contribution in [3.8, 4) is 0 Å². The second-order valence-electron chi connectivity index (χ2n) is 4.87. The van der Waals surface area contributed by atoms with Crippen molar-refractivity contribution in [3.05, 3.63) is 29.8 Å². The molecule has 3 N–H and O–H groups in total. The summed E-state index contributed by atoms with van der Waals surface area (Å²) in [6, 6.07) is 7.62. The predicted molar refractivity (Wildman–Crippen MR) is 76.4 cm³/mol. The monoisotopic (exact) mass is 263 g/mol. The van der Waals surface area contributed by atoms with E-state index in [1.165, 1.54) is 4.90 Å². The largest absolute Gasteiger partial charge is 0.409 e. The maximum absolute atomic E-state index is 12.6. The first-order valence-corrected chi connectivity index (χ1v) is 6.19. The molecular formula is C14H21N3O2. The number of carbonyl (C=O) groups is 1. The number of carbonyl (C=O) groups excluding carboxylic acids is 1. The third kappa shape index (κ3) is 2.86. The van der Waals surface area contributed by atoms with Gasteiger partial charge in [-0.15, -0.1) is 0 Å². The van der Waals surface area contributed by atoms with E-state index >= 15 is 0 Å². The molecule has 0 bridgehead atoms. The molecule has 104 valence electrons. The molecule has 0 aliphatic carbocycles. The summed E-state index contributed by atoms with van der Waals surface area (Å²) in [6.45, 7) is 5.47. The van der Waals surface area contributed by atoms with Crippen molar-refractivity contribution in [3.63, 3.8) is 0 Å². The normalized spacial score (nSPS) is 14.8. The van der Waals surface area contributed by atoms with Crippen molar-refractivity contribution in [2.24, 2.45) is 16.3 Å². The Morgan fingerprint density at radius 2 is 2.16 bits per heavy atom. The molecule has 1 unspecified atom stereocenters. The van der Waals surface area contributed by atoms with E-state index in [0.29, 0.717) is 6.42 Å². The van der Waals surface area contributed by atoms with Gasteiger partial charge in [0.25, 0.3) is 0 Å². The molecule has 0 aliphatic heterocycles. The summed E-state index contributed by atoms with van der Waals surface area (Å²) in [5.74, 6) is -0.268. The molecule has 1 aromatic carbocycles. The van der Waals surface area contributed by atoms with E-state index < -0.39 is 5.41 Å². The van der Waals surface area contributed by atoms with Gasteiger partial charge in [-0.25, -0.2) is 0 Å². The fourth-order valence-corrected chi connectivity index (χ4v) is 1.88. The molecule has 0 saturated carbocycles. The number of nitrogens with zero attached hydrogens (tertiary/aromatic N) is 2. The second-order valence-corrected chi connectivity index (χ2v) is 4.87. The van der Waals surface area contributed by atoms with Gasteiger partial charge in [0.05, 0.1) is 0 Å². The van der Waals surface area contributed by atoms with Crippen LogP contribution in [0.5, 0.6) is 0 Å². The van der Waals surface area contributed by atoms with Crippen molar-refractivity contribution in [2.75, 3.05) is 11.9 Å². The average molecular weight is 263 g/mol. The molecule has 0 saturated heterocycles. The van der Waals surface area contributed by atoms with E-state index in [1.54, 1.807) is 14.0 Å². The van der Waals surface area contributed by atoms with Crippen molar-refractivity contribution in [1.82, 2.24) is 0 Å². The molecule has 1 amide bonds. The molecule has 1 aromatic rings. The first-order valence-electron chi connectivity index (χ1n) is 6.19. The number of aryl methyl sites for hydroxylation is 1. The minimum atomic E-state index is -1.01. The van der Waals surface area contributed by atoms with Gasteiger partial charge in [-0.1, -0.05) is 24.2 Å². The molecule has 19 heavy (non-hydrogen) atoms. The van der Waals surface area contributed by atoms with Crippen LogP contribution in [-0.2, 0) is 4.79 Å². The second kappa shape index (κ2) is 5.73. The Hall–Kier alpha value is -2.04. The first kappa shape index (κ1) is 15.0. The molecule has 0 radical (unpaired) electrons. The van der Waals surface area contributed by atoms with Crippen LogP contribution in [0.25, 0.3) is 0 Å². The van der Waals surface area contributed by atoms with Crippen LogP contribution in [0.4, 0.5) is 5.69 Å². The van der Waals surface area contributed by atoms with Gasteiger partial charge in [-0.2, -0.15) is 0 Å². The lowest BCUT2D eigenvalue weighted by atomic mass is 9.84. The lowest BCUT2D eigenvalue weighted by Gasteiger charge is -2.30. The van der Waals surface area contributed by atoms with E-state index in [1.807, 2.05) is 38.1 Å². The van der Waals surface area contributed by atoms with Crippen LogP contribution in [0.15, 0.2) is 29.4 Å². The Labute approximate surface area is 113 Å². The van der Waals surface area contributed by atoms with Crippen LogP contribution in [-0.4, -0.2) is 24.0 Å². The molecule has 0 fully saturated rings. The van der Waals surface area contributed by atoms with Crippen LogP contribution < -0.4 is 10.6 Å². The molecule has 0 aromatic heterocycles. The van der Waals surface area contributed by atoms with Gasteiger partial charge >= 0.3 is 0 Å². The maximum atomic E-state index is 12.6. The summed E-state index contributed by atoms with van der Waals surface area (Å²) in [4.78, 5) is 14.1. The maximum Gasteiger partial charge on any atom is 0.240 e. The van der Waals surface area contributed by atoms with E-state index in [2.05, 4.69) is 5.16 Å². The van der Waals surface area contributed by atoms with Crippen LogP contribution in [0, 0.1) is 12.3 Å². The lowest BCUT2D eigenvalue weighted by Crippen LogP contribution is -2.48. The molecule has 1 atom stereocenters. The number of rotatable bonds is 4. The number of amidine groups is 1. The van der Waals surface area contributed by atoms with E-state index in [9.17, 15) is 4.79 Å². The first-order chi connectivity index (χ1) is 8.86. The molecule has 5 nitrogen and oxygen atoms in total. The molecule has 0 heterocycles.